The number of hydrogen-bond acceptors (Lipinski definition) is 2. The van der Waals surface area contributed by atoms with Gasteiger partial charge in [0.25, 0.3) is 0 Å². The first-order valence-corrected chi connectivity index (χ1v) is 6.84. The normalized spacial score (nSPS) is 12.0. The van der Waals surface area contributed by atoms with Gasteiger partial charge in [0.05, 0.1) is 5.69 Å². The Morgan fingerprint density at radius 3 is 2.29 bits per heavy atom. The third-order valence-electron chi connectivity index (χ3n) is 2.97. The van der Waals surface area contributed by atoms with Gasteiger partial charge < -0.3 is 0 Å². The Kier molecular flexibility index (Phi) is 5.66. The number of rotatable bonds is 7. The van der Waals surface area contributed by atoms with Crippen molar-refractivity contribution < 1.29 is 0 Å². The largest absolute Gasteiger partial charge is 0.252 e. The zero-order valence-corrected chi connectivity index (χ0v) is 11.9. The Bertz CT molecular complexity index is 310. The molecule has 0 saturated carbocycles. The third-order valence-corrected chi connectivity index (χ3v) is 2.97. The highest BCUT2D eigenvalue weighted by Gasteiger charge is 2.08. The Morgan fingerprint density at radius 2 is 1.71 bits per heavy atom. The van der Waals surface area contributed by atoms with E-state index in [1.807, 2.05) is 17.8 Å². The van der Waals surface area contributed by atoms with E-state index in [1.165, 1.54) is 38.5 Å². The van der Waals surface area contributed by atoms with Crippen molar-refractivity contribution in [2.75, 3.05) is 0 Å². The molecule has 1 aromatic rings. The van der Waals surface area contributed by atoms with Crippen LogP contribution in [0.15, 0.2) is 6.20 Å². The lowest BCUT2D eigenvalue weighted by molar-refractivity contribution is 0.356. The summed E-state index contributed by atoms with van der Waals surface area (Å²) >= 11 is 0. The average molecular weight is 237 g/mol. The summed E-state index contributed by atoms with van der Waals surface area (Å²) in [7, 11) is 0. The smallest absolute Gasteiger partial charge is 0.0796 e. The van der Waals surface area contributed by atoms with Gasteiger partial charge in [-0.3, -0.25) is 4.68 Å². The van der Waals surface area contributed by atoms with E-state index in [9.17, 15) is 0 Å². The van der Waals surface area contributed by atoms with Gasteiger partial charge in [0.15, 0.2) is 0 Å². The highest BCUT2D eigenvalue weighted by Crippen LogP contribution is 2.22. The van der Waals surface area contributed by atoms with E-state index in [2.05, 4.69) is 31.1 Å². The Hall–Kier alpha value is -0.860. The molecule has 0 saturated heterocycles. The Balaban J connectivity index is 1.95. The van der Waals surface area contributed by atoms with Crippen LogP contribution in [0.1, 0.15) is 65.0 Å². The first-order valence-electron chi connectivity index (χ1n) is 6.84. The van der Waals surface area contributed by atoms with Crippen molar-refractivity contribution in [1.82, 2.24) is 15.0 Å². The van der Waals surface area contributed by atoms with Gasteiger partial charge >= 0.3 is 0 Å². The summed E-state index contributed by atoms with van der Waals surface area (Å²) in [6.45, 7) is 9.95. The summed E-state index contributed by atoms with van der Waals surface area (Å²) in [5.74, 6) is 0. The van der Waals surface area contributed by atoms with Crippen LogP contribution < -0.4 is 0 Å². The maximum atomic E-state index is 4.05. The molecule has 0 bridgehead atoms. The molecule has 0 aliphatic carbocycles. The minimum Gasteiger partial charge on any atom is -0.252 e. The van der Waals surface area contributed by atoms with Crippen LogP contribution >= 0.6 is 0 Å². The second-order valence-electron chi connectivity index (χ2n) is 6.20. The number of aryl methyl sites for hydroxylation is 2. The maximum absolute atomic E-state index is 4.05. The lowest BCUT2D eigenvalue weighted by Crippen LogP contribution is -2.04. The third kappa shape index (κ3) is 7.14. The lowest BCUT2D eigenvalue weighted by atomic mass is 9.89. The van der Waals surface area contributed by atoms with Crippen LogP contribution in [0.25, 0.3) is 0 Å². The van der Waals surface area contributed by atoms with E-state index >= 15 is 0 Å². The lowest BCUT2D eigenvalue weighted by Gasteiger charge is -2.17. The molecule has 0 amide bonds. The predicted molar refractivity (Wildman–Crippen MR) is 71.9 cm³/mol. The fraction of sp³-hybridized carbons (Fsp3) is 0.857. The van der Waals surface area contributed by atoms with Crippen molar-refractivity contribution in [3.8, 4) is 0 Å². The number of nitrogens with zero attached hydrogens (tertiary/aromatic N) is 3. The molecule has 98 valence electrons. The van der Waals surface area contributed by atoms with Gasteiger partial charge in [-0.15, -0.1) is 5.10 Å². The van der Waals surface area contributed by atoms with Gasteiger partial charge in [0.2, 0.25) is 0 Å². The van der Waals surface area contributed by atoms with Crippen LogP contribution in [-0.2, 0) is 6.54 Å². The molecule has 17 heavy (non-hydrogen) atoms. The zero-order chi connectivity index (χ0) is 12.7. The highest BCUT2D eigenvalue weighted by molar-refractivity contribution is 4.86. The second-order valence-corrected chi connectivity index (χ2v) is 6.20. The molecule has 0 fully saturated rings. The number of aromatic nitrogens is 3. The van der Waals surface area contributed by atoms with Gasteiger partial charge in [0, 0.05) is 12.7 Å². The van der Waals surface area contributed by atoms with Crippen LogP contribution in [0.4, 0.5) is 0 Å². The fourth-order valence-electron chi connectivity index (χ4n) is 1.96. The summed E-state index contributed by atoms with van der Waals surface area (Å²) < 4.78 is 1.95. The van der Waals surface area contributed by atoms with E-state index in [-0.39, 0.29) is 0 Å². The van der Waals surface area contributed by atoms with Crippen molar-refractivity contribution in [3.63, 3.8) is 0 Å². The first kappa shape index (κ1) is 14.2. The molecule has 1 aromatic heterocycles. The molecule has 3 nitrogen and oxygen atoms in total. The summed E-state index contributed by atoms with van der Waals surface area (Å²) in [5.41, 5.74) is 1.51. The molecule has 0 N–H and O–H groups in total. The van der Waals surface area contributed by atoms with Crippen molar-refractivity contribution >= 4 is 0 Å². The van der Waals surface area contributed by atoms with E-state index < -0.39 is 0 Å². The summed E-state index contributed by atoms with van der Waals surface area (Å²) in [6, 6.07) is 0. The van der Waals surface area contributed by atoms with Gasteiger partial charge in [-0.25, -0.2) is 0 Å². The second kappa shape index (κ2) is 6.77. The van der Waals surface area contributed by atoms with E-state index in [1.54, 1.807) is 0 Å². The molecule has 0 aliphatic rings. The van der Waals surface area contributed by atoms with E-state index in [4.69, 9.17) is 0 Å². The molecule has 0 atom stereocenters. The number of hydrogen-bond donors (Lipinski definition) is 0. The average Bonchev–Trinajstić information content (AvgIpc) is 2.61. The summed E-state index contributed by atoms with van der Waals surface area (Å²) in [6.07, 6.45) is 9.97. The summed E-state index contributed by atoms with van der Waals surface area (Å²) in [4.78, 5) is 0. The highest BCUT2D eigenvalue weighted by atomic mass is 15.4. The first-order chi connectivity index (χ1) is 7.97. The zero-order valence-electron chi connectivity index (χ0n) is 11.9. The van der Waals surface area contributed by atoms with Crippen LogP contribution in [0, 0.1) is 12.3 Å². The minimum atomic E-state index is 0.498. The molecule has 1 heterocycles. The van der Waals surface area contributed by atoms with Crippen LogP contribution in [0.3, 0.4) is 0 Å². The molecular formula is C14H27N3. The maximum Gasteiger partial charge on any atom is 0.0796 e. The van der Waals surface area contributed by atoms with Crippen LogP contribution in [0.5, 0.6) is 0 Å². The van der Waals surface area contributed by atoms with Crippen molar-refractivity contribution in [3.05, 3.63) is 11.9 Å². The molecular weight excluding hydrogens is 210 g/mol. The van der Waals surface area contributed by atoms with Gasteiger partial charge in [-0.2, -0.15) is 0 Å². The molecule has 0 spiro atoms. The molecule has 1 rings (SSSR count). The van der Waals surface area contributed by atoms with E-state index in [0.717, 1.165) is 12.2 Å². The van der Waals surface area contributed by atoms with Crippen molar-refractivity contribution in [1.29, 1.82) is 0 Å². The van der Waals surface area contributed by atoms with Gasteiger partial charge in [0.1, 0.15) is 0 Å². The minimum absolute atomic E-state index is 0.498. The number of unbranched alkanes of at least 4 members (excludes halogenated alkanes) is 4. The molecule has 3 heteroatoms. The van der Waals surface area contributed by atoms with E-state index in [0.29, 0.717) is 5.41 Å². The molecule has 0 aliphatic heterocycles. The quantitative estimate of drug-likeness (QED) is 0.672. The molecule has 0 radical (unpaired) electrons. The molecule has 0 unspecified atom stereocenters. The van der Waals surface area contributed by atoms with Crippen molar-refractivity contribution in [2.24, 2.45) is 5.41 Å². The fourth-order valence-corrected chi connectivity index (χ4v) is 1.96. The predicted octanol–water partition coefficient (Wildman–Crippen LogP) is 3.97. The SMILES string of the molecule is Cc1cn(CCCCCCCC(C)(C)C)nn1. The van der Waals surface area contributed by atoms with Crippen LogP contribution in [-0.4, -0.2) is 15.0 Å². The Morgan fingerprint density at radius 1 is 1.06 bits per heavy atom. The molecule has 0 aromatic carbocycles. The van der Waals surface area contributed by atoms with Crippen molar-refractivity contribution in [2.45, 2.75) is 72.8 Å². The van der Waals surface area contributed by atoms with Gasteiger partial charge in [-0.1, -0.05) is 51.7 Å². The Labute approximate surface area is 106 Å². The topological polar surface area (TPSA) is 30.7 Å². The standard InChI is InChI=1S/C14H27N3/c1-13-12-17(16-15-13)11-9-7-5-6-8-10-14(2,3)4/h12H,5-11H2,1-4H3. The van der Waals surface area contributed by atoms with Gasteiger partial charge in [-0.05, 0) is 25.2 Å². The monoisotopic (exact) mass is 237 g/mol. The van der Waals surface area contributed by atoms with Crippen LogP contribution in [0.2, 0.25) is 0 Å². The summed E-state index contributed by atoms with van der Waals surface area (Å²) in [5, 5.41) is 8.03.